The molecule has 4 aromatic rings. The lowest BCUT2D eigenvalue weighted by atomic mass is 9.96. The van der Waals surface area contributed by atoms with Crippen LogP contribution in [-0.4, -0.2) is 33.4 Å². The monoisotopic (exact) mass is 500 g/mol. The van der Waals surface area contributed by atoms with E-state index in [1.165, 1.54) is 11.1 Å². The van der Waals surface area contributed by atoms with Crippen molar-refractivity contribution in [2.24, 2.45) is 5.92 Å². The highest BCUT2D eigenvalue weighted by molar-refractivity contribution is 6.30. The van der Waals surface area contributed by atoms with Crippen LogP contribution >= 0.6 is 11.6 Å². The van der Waals surface area contributed by atoms with Crippen molar-refractivity contribution in [2.75, 3.05) is 18.4 Å². The van der Waals surface area contributed by atoms with Crippen LogP contribution in [0.15, 0.2) is 72.8 Å². The van der Waals surface area contributed by atoms with Crippen LogP contribution in [0.1, 0.15) is 49.6 Å². The van der Waals surface area contributed by atoms with Gasteiger partial charge in [-0.15, -0.1) is 0 Å². The molecular formula is C30H33ClN4O. The molecule has 1 saturated heterocycles. The summed E-state index contributed by atoms with van der Waals surface area (Å²) in [5, 5.41) is 3.96. The molecule has 186 valence electrons. The number of likely N-dealkylation sites (tertiary alicyclic amines) is 1. The summed E-state index contributed by atoms with van der Waals surface area (Å²) >= 11 is 6.10. The quantitative estimate of drug-likeness (QED) is 0.306. The second kappa shape index (κ2) is 10.9. The lowest BCUT2D eigenvalue weighted by Crippen LogP contribution is -2.40. The topological polar surface area (TPSA) is 50.2 Å². The Kier molecular flexibility index (Phi) is 7.40. The van der Waals surface area contributed by atoms with E-state index in [0.717, 1.165) is 60.0 Å². The molecule has 2 heterocycles. The first-order chi connectivity index (χ1) is 17.5. The van der Waals surface area contributed by atoms with Crippen LogP contribution in [-0.2, 0) is 17.9 Å². The van der Waals surface area contributed by atoms with Gasteiger partial charge in [0.05, 0.1) is 23.5 Å². The van der Waals surface area contributed by atoms with E-state index in [4.69, 9.17) is 16.6 Å². The van der Waals surface area contributed by atoms with Crippen LogP contribution < -0.4 is 5.32 Å². The maximum absolute atomic E-state index is 13.2. The molecule has 1 aliphatic rings. The van der Waals surface area contributed by atoms with Crippen LogP contribution in [0.5, 0.6) is 0 Å². The largest absolute Gasteiger partial charge is 0.326 e. The number of hydrogen-bond acceptors (Lipinski definition) is 3. The van der Waals surface area contributed by atoms with Gasteiger partial charge in [-0.25, -0.2) is 4.98 Å². The molecule has 1 atom stereocenters. The molecule has 1 fully saturated rings. The predicted octanol–water partition coefficient (Wildman–Crippen LogP) is 6.71. The maximum Gasteiger partial charge on any atom is 0.228 e. The second-order valence-corrected chi connectivity index (χ2v) is 10.5. The number of benzene rings is 3. The predicted molar refractivity (Wildman–Crippen MR) is 147 cm³/mol. The van der Waals surface area contributed by atoms with E-state index >= 15 is 0 Å². The van der Waals surface area contributed by atoms with Gasteiger partial charge in [0.25, 0.3) is 0 Å². The summed E-state index contributed by atoms with van der Waals surface area (Å²) in [5.74, 6) is 1.46. The Morgan fingerprint density at radius 1 is 1.03 bits per heavy atom. The average Bonchev–Trinajstić information content (AvgIpc) is 3.22. The highest BCUT2D eigenvalue weighted by Crippen LogP contribution is 2.27. The molecule has 0 saturated carbocycles. The number of amides is 1. The Labute approximate surface area is 218 Å². The highest BCUT2D eigenvalue weighted by Gasteiger charge is 2.27. The van der Waals surface area contributed by atoms with Gasteiger partial charge in [0.1, 0.15) is 5.82 Å². The number of carbonyl (C=O) groups is 1. The molecule has 1 aliphatic heterocycles. The number of nitrogens with one attached hydrogen (secondary N) is 1. The smallest absolute Gasteiger partial charge is 0.228 e. The molecule has 0 unspecified atom stereocenters. The van der Waals surface area contributed by atoms with Crippen LogP contribution in [0.25, 0.3) is 11.0 Å². The van der Waals surface area contributed by atoms with Gasteiger partial charge in [-0.2, -0.15) is 0 Å². The Morgan fingerprint density at radius 3 is 2.58 bits per heavy atom. The summed E-state index contributed by atoms with van der Waals surface area (Å²) in [5.41, 5.74) is 5.41. The fourth-order valence-electron chi connectivity index (χ4n) is 5.16. The number of halogens is 1. The SMILES string of the molecule is CC(C)c1ccccc1NC(=O)[C@H]1CCCN(Cc2nc3ccccc3n2Cc2ccc(Cl)cc2)C1. The fourth-order valence-corrected chi connectivity index (χ4v) is 5.28. The van der Waals surface area contributed by atoms with Crippen molar-refractivity contribution in [2.45, 2.75) is 45.7 Å². The molecule has 5 rings (SSSR count). The van der Waals surface area contributed by atoms with Gasteiger partial charge >= 0.3 is 0 Å². The fraction of sp³-hybridized carbons (Fsp3) is 0.333. The summed E-state index contributed by atoms with van der Waals surface area (Å²) in [6.07, 6.45) is 1.91. The lowest BCUT2D eigenvalue weighted by molar-refractivity contribution is -0.121. The zero-order chi connectivity index (χ0) is 25.1. The van der Waals surface area contributed by atoms with Gasteiger partial charge in [-0.3, -0.25) is 9.69 Å². The van der Waals surface area contributed by atoms with E-state index < -0.39 is 0 Å². The van der Waals surface area contributed by atoms with Gasteiger partial charge < -0.3 is 9.88 Å². The first-order valence-corrected chi connectivity index (χ1v) is 13.2. The summed E-state index contributed by atoms with van der Waals surface area (Å²) < 4.78 is 2.29. The summed E-state index contributed by atoms with van der Waals surface area (Å²) in [6.45, 7) is 7.47. The number of imidazole rings is 1. The van der Waals surface area contributed by atoms with Crippen LogP contribution in [0.2, 0.25) is 5.02 Å². The van der Waals surface area contributed by atoms with E-state index in [1.807, 2.05) is 36.4 Å². The Hall–Kier alpha value is -3.15. The number of rotatable bonds is 7. The number of carbonyl (C=O) groups excluding carboxylic acids is 1. The number of piperidine rings is 1. The Morgan fingerprint density at radius 2 is 1.78 bits per heavy atom. The molecule has 5 nitrogen and oxygen atoms in total. The number of hydrogen-bond donors (Lipinski definition) is 1. The van der Waals surface area contributed by atoms with E-state index in [2.05, 4.69) is 65.0 Å². The number of nitrogens with zero attached hydrogens (tertiary/aromatic N) is 3. The molecular weight excluding hydrogens is 468 g/mol. The van der Waals surface area contributed by atoms with Crippen LogP contribution in [0, 0.1) is 5.92 Å². The van der Waals surface area contributed by atoms with Crippen molar-refractivity contribution in [3.05, 3.63) is 94.8 Å². The van der Waals surface area contributed by atoms with Gasteiger partial charge in [-0.05, 0) is 66.8 Å². The molecule has 36 heavy (non-hydrogen) atoms. The molecule has 3 aromatic carbocycles. The van der Waals surface area contributed by atoms with Crippen molar-refractivity contribution in [1.82, 2.24) is 14.5 Å². The number of aromatic nitrogens is 2. The minimum atomic E-state index is -0.0342. The second-order valence-electron chi connectivity index (χ2n) is 10.0. The van der Waals surface area contributed by atoms with Gasteiger partial charge in [0, 0.05) is 23.8 Å². The zero-order valence-corrected chi connectivity index (χ0v) is 21.7. The number of para-hydroxylation sites is 3. The third-order valence-electron chi connectivity index (χ3n) is 7.07. The Bertz CT molecular complexity index is 1340. The molecule has 1 aromatic heterocycles. The van der Waals surface area contributed by atoms with Crippen molar-refractivity contribution in [1.29, 1.82) is 0 Å². The average molecular weight is 501 g/mol. The molecule has 0 bridgehead atoms. The van der Waals surface area contributed by atoms with Gasteiger partial charge in [-0.1, -0.05) is 67.9 Å². The molecule has 0 spiro atoms. The molecule has 1 amide bonds. The summed E-state index contributed by atoms with van der Waals surface area (Å²) in [4.78, 5) is 20.6. The standard InChI is InChI=1S/C30H33ClN4O/c1-21(2)25-9-3-4-10-26(25)33-30(36)23-8-7-17-34(19-23)20-29-32-27-11-5-6-12-28(27)35(29)18-22-13-15-24(31)16-14-22/h3-6,9-16,21,23H,7-8,17-20H2,1-2H3,(H,33,36)/t23-/m0/s1. The number of fused-ring (bicyclic) bond motifs is 1. The third-order valence-corrected chi connectivity index (χ3v) is 7.32. The van der Waals surface area contributed by atoms with Gasteiger partial charge in [0.2, 0.25) is 5.91 Å². The molecule has 1 N–H and O–H groups in total. The van der Waals surface area contributed by atoms with E-state index in [0.29, 0.717) is 12.5 Å². The van der Waals surface area contributed by atoms with Gasteiger partial charge in [0.15, 0.2) is 0 Å². The van der Waals surface area contributed by atoms with Crippen LogP contribution in [0.3, 0.4) is 0 Å². The highest BCUT2D eigenvalue weighted by atomic mass is 35.5. The third kappa shape index (κ3) is 5.48. The van der Waals surface area contributed by atoms with Crippen molar-refractivity contribution in [3.8, 4) is 0 Å². The van der Waals surface area contributed by atoms with Crippen molar-refractivity contribution < 1.29 is 4.79 Å². The van der Waals surface area contributed by atoms with E-state index in [-0.39, 0.29) is 11.8 Å². The summed E-state index contributed by atoms with van der Waals surface area (Å²) in [7, 11) is 0. The van der Waals surface area contributed by atoms with E-state index in [1.54, 1.807) is 0 Å². The van der Waals surface area contributed by atoms with Crippen molar-refractivity contribution >= 4 is 34.2 Å². The summed E-state index contributed by atoms with van der Waals surface area (Å²) in [6, 6.07) is 24.4. The zero-order valence-electron chi connectivity index (χ0n) is 21.0. The molecule has 0 radical (unpaired) electrons. The lowest BCUT2D eigenvalue weighted by Gasteiger charge is -2.32. The minimum absolute atomic E-state index is 0.0342. The minimum Gasteiger partial charge on any atom is -0.326 e. The van der Waals surface area contributed by atoms with Crippen molar-refractivity contribution in [3.63, 3.8) is 0 Å². The maximum atomic E-state index is 13.2. The number of anilines is 1. The van der Waals surface area contributed by atoms with Crippen LogP contribution in [0.4, 0.5) is 5.69 Å². The normalized spacial score (nSPS) is 16.5. The Balaban J connectivity index is 1.33. The first kappa shape index (κ1) is 24.5. The first-order valence-electron chi connectivity index (χ1n) is 12.8. The molecule has 6 heteroatoms. The molecule has 0 aliphatic carbocycles. The van der Waals surface area contributed by atoms with E-state index in [9.17, 15) is 4.79 Å².